The second-order valence-corrected chi connectivity index (χ2v) is 3.63. The molecular formula is C9H6BrFO3. The zero-order chi connectivity index (χ0) is 10.3. The Hall–Kier alpha value is -1.10. The summed E-state index contributed by atoms with van der Waals surface area (Å²) in [5.74, 6) is -0.253. The highest BCUT2D eigenvalue weighted by Crippen LogP contribution is 2.42. The summed E-state index contributed by atoms with van der Waals surface area (Å²) < 4.78 is 23.8. The molecule has 74 valence electrons. The van der Waals surface area contributed by atoms with E-state index in [0.29, 0.717) is 16.0 Å². The number of halogens is 2. The maximum atomic E-state index is 13.4. The number of carbonyl (C=O) groups is 1. The van der Waals surface area contributed by atoms with Crippen LogP contribution in [0.5, 0.6) is 11.5 Å². The van der Waals surface area contributed by atoms with Gasteiger partial charge >= 0.3 is 0 Å². The van der Waals surface area contributed by atoms with Crippen LogP contribution in [0.25, 0.3) is 0 Å². The number of Topliss-reactive ketones (excluding diaryl/α,β-unsaturated/α-hetero) is 1. The van der Waals surface area contributed by atoms with E-state index in [1.54, 1.807) is 0 Å². The van der Waals surface area contributed by atoms with Crippen LogP contribution in [0.15, 0.2) is 10.5 Å². The number of hydrogen-bond acceptors (Lipinski definition) is 3. The second kappa shape index (κ2) is 3.24. The minimum absolute atomic E-state index is 0.00532. The van der Waals surface area contributed by atoms with Gasteiger partial charge in [-0.3, -0.25) is 4.79 Å². The summed E-state index contributed by atoms with van der Waals surface area (Å²) in [6.07, 6.45) is 0. The quantitative estimate of drug-likeness (QED) is 0.728. The van der Waals surface area contributed by atoms with E-state index in [-0.39, 0.29) is 18.1 Å². The van der Waals surface area contributed by atoms with E-state index in [1.165, 1.54) is 6.92 Å². The van der Waals surface area contributed by atoms with Crippen molar-refractivity contribution in [1.82, 2.24) is 0 Å². The topological polar surface area (TPSA) is 35.5 Å². The lowest BCUT2D eigenvalue weighted by Crippen LogP contribution is -1.99. The van der Waals surface area contributed by atoms with E-state index in [9.17, 15) is 9.18 Å². The molecule has 0 aromatic heterocycles. The molecule has 0 spiro atoms. The summed E-state index contributed by atoms with van der Waals surface area (Å²) >= 11 is 3.12. The lowest BCUT2D eigenvalue weighted by atomic mass is 10.1. The van der Waals surface area contributed by atoms with Crippen molar-refractivity contribution in [3.05, 3.63) is 21.9 Å². The lowest BCUT2D eigenvalue weighted by molar-refractivity contribution is 0.101. The van der Waals surface area contributed by atoms with Gasteiger partial charge < -0.3 is 9.47 Å². The van der Waals surface area contributed by atoms with Crippen molar-refractivity contribution in [2.75, 3.05) is 6.79 Å². The van der Waals surface area contributed by atoms with Crippen LogP contribution in [-0.2, 0) is 0 Å². The minimum Gasteiger partial charge on any atom is -0.453 e. The molecule has 1 aromatic rings. The van der Waals surface area contributed by atoms with Gasteiger partial charge in [-0.2, -0.15) is 0 Å². The van der Waals surface area contributed by atoms with Crippen LogP contribution in [-0.4, -0.2) is 12.6 Å². The number of fused-ring (bicyclic) bond motifs is 1. The molecule has 0 saturated carbocycles. The molecule has 0 unspecified atom stereocenters. The third-order valence-electron chi connectivity index (χ3n) is 1.91. The second-order valence-electron chi connectivity index (χ2n) is 2.84. The highest BCUT2D eigenvalue weighted by atomic mass is 79.9. The number of benzene rings is 1. The average molecular weight is 261 g/mol. The van der Waals surface area contributed by atoms with Crippen molar-refractivity contribution >= 4 is 21.7 Å². The van der Waals surface area contributed by atoms with Gasteiger partial charge in [-0.25, -0.2) is 4.39 Å². The predicted molar refractivity (Wildman–Crippen MR) is 50.2 cm³/mol. The lowest BCUT2D eigenvalue weighted by Gasteiger charge is -2.05. The van der Waals surface area contributed by atoms with Crippen molar-refractivity contribution in [1.29, 1.82) is 0 Å². The van der Waals surface area contributed by atoms with Crippen LogP contribution >= 0.6 is 15.9 Å². The molecule has 0 saturated heterocycles. The molecule has 1 aliphatic rings. The van der Waals surface area contributed by atoms with Crippen molar-refractivity contribution in [2.45, 2.75) is 6.92 Å². The zero-order valence-electron chi connectivity index (χ0n) is 7.27. The van der Waals surface area contributed by atoms with Gasteiger partial charge in [0.05, 0.1) is 10.0 Å². The van der Waals surface area contributed by atoms with E-state index in [0.717, 1.165) is 6.07 Å². The highest BCUT2D eigenvalue weighted by molar-refractivity contribution is 9.10. The average Bonchev–Trinajstić information content (AvgIpc) is 2.50. The van der Waals surface area contributed by atoms with Gasteiger partial charge in [-0.15, -0.1) is 0 Å². The molecule has 14 heavy (non-hydrogen) atoms. The minimum atomic E-state index is -0.603. The van der Waals surface area contributed by atoms with Crippen molar-refractivity contribution in [3.8, 4) is 11.5 Å². The van der Waals surface area contributed by atoms with Gasteiger partial charge in [-0.1, -0.05) is 0 Å². The summed E-state index contributed by atoms with van der Waals surface area (Å²) in [5.41, 5.74) is -0.00532. The van der Waals surface area contributed by atoms with Gasteiger partial charge in [0.2, 0.25) is 6.79 Å². The smallest absolute Gasteiger partial charge is 0.231 e. The van der Waals surface area contributed by atoms with Gasteiger partial charge in [-0.05, 0) is 22.9 Å². The fraction of sp³-hybridized carbons (Fsp3) is 0.222. The Balaban J connectivity index is 2.68. The Morgan fingerprint density at radius 2 is 2.29 bits per heavy atom. The standard InChI is InChI=1S/C9H6BrFO3/c1-4(12)7-5(11)2-6-9(8(7)10)14-3-13-6/h2H,3H2,1H3. The van der Waals surface area contributed by atoms with Crippen LogP contribution in [0.1, 0.15) is 17.3 Å². The van der Waals surface area contributed by atoms with Crippen LogP contribution < -0.4 is 9.47 Å². The predicted octanol–water partition coefficient (Wildman–Crippen LogP) is 2.52. The van der Waals surface area contributed by atoms with Crippen molar-refractivity contribution in [3.63, 3.8) is 0 Å². The van der Waals surface area contributed by atoms with E-state index >= 15 is 0 Å². The van der Waals surface area contributed by atoms with Gasteiger partial charge in [0.1, 0.15) is 5.82 Å². The molecule has 0 bridgehead atoms. The molecule has 3 nitrogen and oxygen atoms in total. The Morgan fingerprint density at radius 3 is 2.93 bits per heavy atom. The normalized spacial score (nSPS) is 13.1. The molecule has 0 atom stereocenters. The molecule has 2 rings (SSSR count). The van der Waals surface area contributed by atoms with Gasteiger partial charge in [0.25, 0.3) is 0 Å². The first-order chi connectivity index (χ1) is 6.61. The first-order valence-electron chi connectivity index (χ1n) is 3.90. The molecule has 0 aliphatic carbocycles. The molecule has 1 aromatic carbocycles. The molecule has 0 radical (unpaired) electrons. The summed E-state index contributed by atoms with van der Waals surface area (Å²) in [6.45, 7) is 1.35. The molecule has 5 heteroatoms. The molecular weight excluding hydrogens is 255 g/mol. The zero-order valence-corrected chi connectivity index (χ0v) is 8.85. The highest BCUT2D eigenvalue weighted by Gasteiger charge is 2.24. The number of carbonyl (C=O) groups excluding carboxylic acids is 1. The third-order valence-corrected chi connectivity index (χ3v) is 2.67. The molecule has 0 fully saturated rings. The molecule has 0 amide bonds. The van der Waals surface area contributed by atoms with Crippen LogP contribution in [0.4, 0.5) is 4.39 Å². The van der Waals surface area contributed by atoms with E-state index in [1.807, 2.05) is 0 Å². The molecule has 1 aliphatic heterocycles. The maximum Gasteiger partial charge on any atom is 0.231 e. The summed E-state index contributed by atoms with van der Waals surface area (Å²) in [6, 6.07) is 1.16. The van der Waals surface area contributed by atoms with Gasteiger partial charge in [0.15, 0.2) is 17.3 Å². The molecule has 0 N–H and O–H groups in total. The SMILES string of the molecule is CC(=O)c1c(F)cc2c(c1Br)OCO2. The number of ketones is 1. The fourth-order valence-electron chi connectivity index (χ4n) is 1.30. The van der Waals surface area contributed by atoms with Crippen LogP contribution in [0.3, 0.4) is 0 Å². The Kier molecular flexibility index (Phi) is 2.19. The summed E-state index contributed by atoms with van der Waals surface area (Å²) in [4.78, 5) is 11.1. The van der Waals surface area contributed by atoms with Crippen molar-refractivity contribution < 1.29 is 18.7 Å². The number of rotatable bonds is 1. The summed E-state index contributed by atoms with van der Waals surface area (Å²) in [7, 11) is 0. The van der Waals surface area contributed by atoms with Gasteiger partial charge in [0, 0.05) is 6.07 Å². The van der Waals surface area contributed by atoms with E-state index in [4.69, 9.17) is 9.47 Å². The first kappa shape index (κ1) is 9.45. The summed E-state index contributed by atoms with van der Waals surface area (Å²) in [5, 5.41) is 0. The van der Waals surface area contributed by atoms with Crippen molar-refractivity contribution in [2.24, 2.45) is 0 Å². The Bertz CT molecular complexity index is 417. The fourth-order valence-corrected chi connectivity index (χ4v) is 2.07. The number of hydrogen-bond donors (Lipinski definition) is 0. The van der Waals surface area contributed by atoms with E-state index in [2.05, 4.69) is 15.9 Å². The van der Waals surface area contributed by atoms with E-state index < -0.39 is 5.82 Å². The monoisotopic (exact) mass is 260 g/mol. The van der Waals surface area contributed by atoms with Crippen LogP contribution in [0, 0.1) is 5.82 Å². The molecule has 1 heterocycles. The number of ether oxygens (including phenoxy) is 2. The first-order valence-corrected chi connectivity index (χ1v) is 4.69. The Labute approximate surface area is 87.9 Å². The maximum absolute atomic E-state index is 13.4. The third kappa shape index (κ3) is 1.28. The Morgan fingerprint density at radius 1 is 1.57 bits per heavy atom. The largest absolute Gasteiger partial charge is 0.453 e. The van der Waals surface area contributed by atoms with Crippen LogP contribution in [0.2, 0.25) is 0 Å².